The van der Waals surface area contributed by atoms with E-state index in [1.165, 1.54) is 0 Å². The fourth-order valence-electron chi connectivity index (χ4n) is 3.99. The van der Waals surface area contributed by atoms with E-state index in [9.17, 15) is 0 Å². The van der Waals surface area contributed by atoms with Crippen molar-refractivity contribution in [2.45, 2.75) is 12.2 Å². The molecule has 8 heteroatoms. The summed E-state index contributed by atoms with van der Waals surface area (Å²) in [5.41, 5.74) is 3.34. The zero-order chi connectivity index (χ0) is 21.9. The number of imidazole rings is 1. The fourth-order valence-corrected chi connectivity index (χ4v) is 3.99. The zero-order valence-corrected chi connectivity index (χ0v) is 18.2. The maximum atomic E-state index is 6.32. The van der Waals surface area contributed by atoms with Crippen molar-refractivity contribution in [1.29, 1.82) is 0 Å². The van der Waals surface area contributed by atoms with Crippen LogP contribution in [-0.4, -0.2) is 67.1 Å². The van der Waals surface area contributed by atoms with Crippen molar-refractivity contribution in [3.05, 3.63) is 54.9 Å². The molecule has 2 atom stereocenters. The molecule has 1 aliphatic heterocycles. The number of hydrogen-bond donors (Lipinski definition) is 1. The highest BCUT2D eigenvalue weighted by atomic mass is 16.5. The molecule has 1 N–H and O–H groups in total. The molecule has 0 amide bonds. The summed E-state index contributed by atoms with van der Waals surface area (Å²) < 4.78 is 24.6. The number of nitrogens with zero attached hydrogens (tertiary/aromatic N) is 3. The SMILES string of the molecule is COCCOc1ccn2c(-c3ccc4cccc(O[C@@H]5CNC[C@H]5OC)c4n3)cnc2c1. The summed E-state index contributed by atoms with van der Waals surface area (Å²) in [5, 5.41) is 4.34. The van der Waals surface area contributed by atoms with Crippen molar-refractivity contribution in [1.82, 2.24) is 19.7 Å². The van der Waals surface area contributed by atoms with Gasteiger partial charge in [-0.1, -0.05) is 18.2 Å². The summed E-state index contributed by atoms with van der Waals surface area (Å²) in [4.78, 5) is 9.50. The first kappa shape index (κ1) is 20.7. The molecule has 0 aliphatic carbocycles. The zero-order valence-electron chi connectivity index (χ0n) is 18.2. The number of hydrogen-bond acceptors (Lipinski definition) is 7. The lowest BCUT2D eigenvalue weighted by Gasteiger charge is -2.20. The van der Waals surface area contributed by atoms with Gasteiger partial charge in [0.1, 0.15) is 41.5 Å². The molecule has 0 saturated carbocycles. The van der Waals surface area contributed by atoms with E-state index in [1.54, 1.807) is 14.2 Å². The van der Waals surface area contributed by atoms with Crippen LogP contribution in [0.4, 0.5) is 0 Å². The van der Waals surface area contributed by atoms with Crippen LogP contribution >= 0.6 is 0 Å². The number of aromatic nitrogens is 3. The Morgan fingerprint density at radius 2 is 1.97 bits per heavy atom. The molecule has 5 rings (SSSR count). The van der Waals surface area contributed by atoms with Gasteiger partial charge in [-0.3, -0.25) is 4.40 Å². The van der Waals surface area contributed by atoms with Crippen molar-refractivity contribution in [2.24, 2.45) is 0 Å². The van der Waals surface area contributed by atoms with E-state index in [0.717, 1.165) is 52.5 Å². The largest absolute Gasteiger partial charge is 0.491 e. The maximum Gasteiger partial charge on any atom is 0.146 e. The van der Waals surface area contributed by atoms with Crippen LogP contribution in [0.3, 0.4) is 0 Å². The number of ether oxygens (including phenoxy) is 4. The first-order chi connectivity index (χ1) is 15.8. The molecular formula is C24H26N4O4. The van der Waals surface area contributed by atoms with Crippen LogP contribution in [0.5, 0.6) is 11.5 Å². The lowest BCUT2D eigenvalue weighted by Crippen LogP contribution is -2.31. The Kier molecular flexibility index (Phi) is 5.89. The van der Waals surface area contributed by atoms with Gasteiger partial charge in [0, 0.05) is 45.0 Å². The van der Waals surface area contributed by atoms with Crippen LogP contribution in [0.2, 0.25) is 0 Å². The average Bonchev–Trinajstić information content (AvgIpc) is 3.45. The maximum absolute atomic E-state index is 6.32. The van der Waals surface area contributed by atoms with E-state index in [1.807, 2.05) is 53.2 Å². The van der Waals surface area contributed by atoms with Crippen LogP contribution in [-0.2, 0) is 9.47 Å². The van der Waals surface area contributed by atoms with Crippen molar-refractivity contribution >= 4 is 16.6 Å². The van der Waals surface area contributed by atoms with Gasteiger partial charge in [-0.05, 0) is 18.2 Å². The van der Waals surface area contributed by atoms with Gasteiger partial charge in [-0.2, -0.15) is 0 Å². The number of pyridine rings is 2. The van der Waals surface area contributed by atoms with Gasteiger partial charge in [0.2, 0.25) is 0 Å². The minimum absolute atomic E-state index is 0.0208. The Hall–Kier alpha value is -3.20. The standard InChI is InChI=1S/C24H26N4O4/c1-29-10-11-31-17-8-9-28-19(13-26-23(28)12-17)18-7-6-16-4-3-5-20(24(16)27-18)32-22-15-25-14-21(22)30-2/h3-9,12-13,21-22,25H,10-11,14-15H2,1-2H3/t21-,22-/m1/s1. The number of rotatable bonds is 8. The quantitative estimate of drug-likeness (QED) is 0.427. The normalized spacial score (nSPS) is 18.4. The van der Waals surface area contributed by atoms with Gasteiger partial charge in [0.05, 0.1) is 24.2 Å². The Balaban J connectivity index is 1.47. The minimum Gasteiger partial charge on any atom is -0.491 e. The van der Waals surface area contributed by atoms with E-state index in [4.69, 9.17) is 23.9 Å². The smallest absolute Gasteiger partial charge is 0.146 e. The molecular weight excluding hydrogens is 408 g/mol. The summed E-state index contributed by atoms with van der Waals surface area (Å²) in [6, 6.07) is 13.9. The predicted molar refractivity (Wildman–Crippen MR) is 121 cm³/mol. The predicted octanol–water partition coefficient (Wildman–Crippen LogP) is 2.94. The third-order valence-electron chi connectivity index (χ3n) is 5.67. The molecule has 1 saturated heterocycles. The van der Waals surface area contributed by atoms with E-state index in [0.29, 0.717) is 13.2 Å². The van der Waals surface area contributed by atoms with Gasteiger partial charge in [0.25, 0.3) is 0 Å². The number of fused-ring (bicyclic) bond motifs is 2. The van der Waals surface area contributed by atoms with Crippen LogP contribution in [0.1, 0.15) is 0 Å². The molecule has 8 nitrogen and oxygen atoms in total. The van der Waals surface area contributed by atoms with Gasteiger partial charge in [-0.25, -0.2) is 9.97 Å². The highest BCUT2D eigenvalue weighted by Gasteiger charge is 2.29. The van der Waals surface area contributed by atoms with Crippen LogP contribution < -0.4 is 14.8 Å². The van der Waals surface area contributed by atoms with E-state index >= 15 is 0 Å². The summed E-state index contributed by atoms with van der Waals surface area (Å²) in [6.07, 6.45) is 3.74. The van der Waals surface area contributed by atoms with E-state index in [2.05, 4.69) is 16.4 Å². The molecule has 0 radical (unpaired) electrons. The van der Waals surface area contributed by atoms with Crippen LogP contribution in [0.25, 0.3) is 27.9 Å². The van der Waals surface area contributed by atoms with Crippen LogP contribution in [0, 0.1) is 0 Å². The van der Waals surface area contributed by atoms with Gasteiger partial charge < -0.3 is 24.3 Å². The van der Waals surface area contributed by atoms with Crippen molar-refractivity contribution in [3.8, 4) is 22.9 Å². The third kappa shape index (κ3) is 4.00. The second kappa shape index (κ2) is 9.12. The highest BCUT2D eigenvalue weighted by molar-refractivity contribution is 5.86. The molecule has 32 heavy (non-hydrogen) atoms. The van der Waals surface area contributed by atoms with E-state index < -0.39 is 0 Å². The molecule has 1 aliphatic rings. The average molecular weight is 434 g/mol. The first-order valence-electron chi connectivity index (χ1n) is 10.7. The second-order valence-corrected chi connectivity index (χ2v) is 7.69. The van der Waals surface area contributed by atoms with Crippen molar-refractivity contribution in [2.75, 3.05) is 40.5 Å². The van der Waals surface area contributed by atoms with E-state index in [-0.39, 0.29) is 12.2 Å². The Labute approximate surface area is 186 Å². The Bertz CT molecular complexity index is 1230. The summed E-state index contributed by atoms with van der Waals surface area (Å²) in [6.45, 7) is 2.56. The van der Waals surface area contributed by atoms with Crippen LogP contribution in [0.15, 0.2) is 54.9 Å². The van der Waals surface area contributed by atoms with Crippen molar-refractivity contribution in [3.63, 3.8) is 0 Å². The molecule has 166 valence electrons. The summed E-state index contributed by atoms with van der Waals surface area (Å²) in [5.74, 6) is 1.51. The van der Waals surface area contributed by atoms with Gasteiger partial charge in [-0.15, -0.1) is 0 Å². The molecule has 0 bridgehead atoms. The number of nitrogens with one attached hydrogen (secondary N) is 1. The molecule has 3 aromatic heterocycles. The number of benzene rings is 1. The third-order valence-corrected chi connectivity index (χ3v) is 5.67. The summed E-state index contributed by atoms with van der Waals surface area (Å²) in [7, 11) is 3.37. The fraction of sp³-hybridized carbons (Fsp3) is 0.333. The number of para-hydroxylation sites is 1. The van der Waals surface area contributed by atoms with Gasteiger partial charge in [0.15, 0.2) is 0 Å². The topological polar surface area (TPSA) is 79.1 Å². The van der Waals surface area contributed by atoms with Crippen molar-refractivity contribution < 1.29 is 18.9 Å². The monoisotopic (exact) mass is 434 g/mol. The molecule has 4 heterocycles. The molecule has 0 spiro atoms. The minimum atomic E-state index is -0.0524. The molecule has 1 aromatic carbocycles. The first-order valence-corrected chi connectivity index (χ1v) is 10.7. The lowest BCUT2D eigenvalue weighted by atomic mass is 10.1. The lowest BCUT2D eigenvalue weighted by molar-refractivity contribution is 0.0352. The molecule has 0 unspecified atom stereocenters. The Morgan fingerprint density at radius 1 is 1.06 bits per heavy atom. The van der Waals surface area contributed by atoms with Gasteiger partial charge >= 0.3 is 0 Å². The Morgan fingerprint density at radius 3 is 2.84 bits per heavy atom. The molecule has 1 fully saturated rings. The number of methoxy groups -OCH3 is 2. The second-order valence-electron chi connectivity index (χ2n) is 7.69. The summed E-state index contributed by atoms with van der Waals surface area (Å²) >= 11 is 0. The molecule has 4 aromatic rings. The highest BCUT2D eigenvalue weighted by Crippen LogP contribution is 2.30.